The van der Waals surface area contributed by atoms with Crippen molar-refractivity contribution >= 4 is 47.4 Å². The van der Waals surface area contributed by atoms with E-state index in [1.54, 1.807) is 22.5 Å². The predicted octanol–water partition coefficient (Wildman–Crippen LogP) is 4.67. The Kier molecular flexibility index (Phi) is 9.34. The summed E-state index contributed by atoms with van der Waals surface area (Å²) < 4.78 is 7.37. The molecule has 28 heavy (non-hydrogen) atoms. The van der Waals surface area contributed by atoms with Gasteiger partial charge in [-0.3, -0.25) is 0 Å². The number of tetrazole rings is 1. The highest BCUT2D eigenvalue weighted by atomic mass is 35.5. The van der Waals surface area contributed by atoms with Gasteiger partial charge in [0.1, 0.15) is 5.75 Å². The van der Waals surface area contributed by atoms with E-state index in [1.807, 2.05) is 43.3 Å². The molecule has 10 heteroatoms. The average Bonchev–Trinajstić information content (AvgIpc) is 3.13. The Morgan fingerprint density at radius 3 is 2.71 bits per heavy atom. The summed E-state index contributed by atoms with van der Waals surface area (Å²) in [5, 5.41) is 17.2. The van der Waals surface area contributed by atoms with Crippen LogP contribution >= 0.6 is 47.4 Å². The quantitative estimate of drug-likeness (QED) is 0.370. The average molecular weight is 461 g/mol. The molecule has 2 aromatic carbocycles. The fraction of sp³-hybridized carbons (Fsp3) is 0.278. The van der Waals surface area contributed by atoms with Crippen LogP contribution in [0.25, 0.3) is 5.69 Å². The maximum Gasteiger partial charge on any atom is 0.214 e. The number of halogens is 3. The zero-order chi connectivity index (χ0) is 19.1. The number of para-hydroxylation sites is 1. The number of aromatic nitrogens is 4. The minimum absolute atomic E-state index is 0. The highest BCUT2D eigenvalue weighted by Gasteiger charge is 2.11. The van der Waals surface area contributed by atoms with Crippen molar-refractivity contribution in [1.29, 1.82) is 0 Å². The van der Waals surface area contributed by atoms with Crippen molar-refractivity contribution in [2.75, 3.05) is 18.9 Å². The van der Waals surface area contributed by atoms with Crippen molar-refractivity contribution in [3.8, 4) is 11.4 Å². The molecule has 0 aliphatic carbocycles. The SMILES string of the molecule is CCOc1c(Cl)cc(Cl)cc1CNCCSc1nnnn1-c1ccccc1.Cl. The van der Waals surface area contributed by atoms with Crippen molar-refractivity contribution in [1.82, 2.24) is 25.5 Å². The molecule has 0 fully saturated rings. The maximum atomic E-state index is 6.23. The Balaban J connectivity index is 0.00000280. The molecule has 1 N–H and O–H groups in total. The van der Waals surface area contributed by atoms with Crippen molar-refractivity contribution < 1.29 is 4.74 Å². The molecular formula is C18H20Cl3N5OS. The number of rotatable bonds is 9. The summed E-state index contributed by atoms with van der Waals surface area (Å²) in [6, 6.07) is 13.4. The molecular weight excluding hydrogens is 441 g/mol. The second-order valence-electron chi connectivity index (χ2n) is 5.54. The lowest BCUT2D eigenvalue weighted by Gasteiger charge is -2.13. The first kappa shape index (κ1) is 22.8. The van der Waals surface area contributed by atoms with Gasteiger partial charge in [-0.1, -0.05) is 53.2 Å². The molecule has 3 aromatic rings. The van der Waals surface area contributed by atoms with Gasteiger partial charge >= 0.3 is 0 Å². The van der Waals surface area contributed by atoms with E-state index < -0.39 is 0 Å². The van der Waals surface area contributed by atoms with E-state index in [0.29, 0.717) is 28.9 Å². The van der Waals surface area contributed by atoms with Crippen LogP contribution in [0.5, 0.6) is 5.75 Å². The second-order valence-corrected chi connectivity index (χ2v) is 7.45. The van der Waals surface area contributed by atoms with Crippen LogP contribution in [0.2, 0.25) is 10.0 Å². The number of hydrogen-bond donors (Lipinski definition) is 1. The summed E-state index contributed by atoms with van der Waals surface area (Å²) in [6.07, 6.45) is 0. The van der Waals surface area contributed by atoms with E-state index in [1.165, 1.54) is 0 Å². The van der Waals surface area contributed by atoms with E-state index in [0.717, 1.165) is 28.7 Å². The minimum Gasteiger partial charge on any atom is -0.492 e. The summed E-state index contributed by atoms with van der Waals surface area (Å²) >= 11 is 13.9. The highest BCUT2D eigenvalue weighted by Crippen LogP contribution is 2.32. The number of benzene rings is 2. The molecule has 0 unspecified atom stereocenters. The van der Waals surface area contributed by atoms with Crippen molar-refractivity contribution in [3.63, 3.8) is 0 Å². The Morgan fingerprint density at radius 2 is 1.96 bits per heavy atom. The zero-order valence-corrected chi connectivity index (χ0v) is 18.3. The maximum absolute atomic E-state index is 6.23. The molecule has 0 aliphatic rings. The molecule has 0 amide bonds. The fourth-order valence-electron chi connectivity index (χ4n) is 2.49. The molecule has 150 valence electrons. The van der Waals surface area contributed by atoms with Gasteiger partial charge in [0.25, 0.3) is 0 Å². The van der Waals surface area contributed by atoms with Crippen LogP contribution in [0.1, 0.15) is 12.5 Å². The van der Waals surface area contributed by atoms with Gasteiger partial charge in [0.15, 0.2) is 0 Å². The van der Waals surface area contributed by atoms with Gasteiger partial charge < -0.3 is 10.1 Å². The topological polar surface area (TPSA) is 64.9 Å². The molecule has 0 spiro atoms. The number of hydrogen-bond acceptors (Lipinski definition) is 6. The largest absolute Gasteiger partial charge is 0.492 e. The van der Waals surface area contributed by atoms with Crippen LogP contribution in [-0.4, -0.2) is 39.1 Å². The molecule has 0 saturated carbocycles. The van der Waals surface area contributed by atoms with Crippen molar-refractivity contribution in [2.45, 2.75) is 18.6 Å². The summed E-state index contributed by atoms with van der Waals surface area (Å²) in [6.45, 7) is 3.85. The molecule has 3 rings (SSSR count). The van der Waals surface area contributed by atoms with Gasteiger partial charge in [-0.25, -0.2) is 0 Å². The third kappa shape index (κ3) is 5.99. The van der Waals surface area contributed by atoms with E-state index in [2.05, 4.69) is 20.8 Å². The first-order valence-corrected chi connectivity index (χ1v) is 10.2. The Morgan fingerprint density at radius 1 is 1.18 bits per heavy atom. The Bertz CT molecular complexity index is 879. The van der Waals surface area contributed by atoms with Crippen LogP contribution in [0.4, 0.5) is 0 Å². The summed E-state index contributed by atoms with van der Waals surface area (Å²) in [5.74, 6) is 1.49. The molecule has 6 nitrogen and oxygen atoms in total. The number of nitrogens with zero attached hydrogens (tertiary/aromatic N) is 4. The molecule has 0 atom stereocenters. The van der Waals surface area contributed by atoms with Crippen molar-refractivity contribution in [3.05, 3.63) is 58.1 Å². The van der Waals surface area contributed by atoms with Crippen LogP contribution in [0, 0.1) is 0 Å². The normalized spacial score (nSPS) is 10.5. The standard InChI is InChI=1S/C18H19Cl2N5OS.ClH/c1-2-26-17-13(10-14(19)11-16(17)20)12-21-8-9-27-18-22-23-24-25(18)15-6-4-3-5-7-15;/h3-7,10-11,21H,2,8-9,12H2,1H3;1H. The van der Waals surface area contributed by atoms with Crippen LogP contribution in [0.15, 0.2) is 47.6 Å². The number of ether oxygens (including phenoxy) is 1. The van der Waals surface area contributed by atoms with E-state index >= 15 is 0 Å². The first-order valence-electron chi connectivity index (χ1n) is 8.47. The molecule has 0 saturated heterocycles. The smallest absolute Gasteiger partial charge is 0.214 e. The molecule has 0 bridgehead atoms. The van der Waals surface area contributed by atoms with Crippen LogP contribution < -0.4 is 10.1 Å². The fourth-order valence-corrected chi connectivity index (χ4v) is 3.87. The van der Waals surface area contributed by atoms with Gasteiger partial charge in [-0.05, 0) is 41.6 Å². The summed E-state index contributed by atoms with van der Waals surface area (Å²) in [7, 11) is 0. The first-order chi connectivity index (χ1) is 13.2. The van der Waals surface area contributed by atoms with Gasteiger partial charge in [0.2, 0.25) is 5.16 Å². The lowest BCUT2D eigenvalue weighted by atomic mass is 10.2. The van der Waals surface area contributed by atoms with E-state index in [-0.39, 0.29) is 12.4 Å². The second kappa shape index (κ2) is 11.5. The van der Waals surface area contributed by atoms with Crippen LogP contribution in [-0.2, 0) is 6.54 Å². The predicted molar refractivity (Wildman–Crippen MR) is 116 cm³/mol. The lowest BCUT2D eigenvalue weighted by molar-refractivity contribution is 0.336. The Hall–Kier alpha value is -1.51. The van der Waals surface area contributed by atoms with Gasteiger partial charge in [-0.15, -0.1) is 17.5 Å². The highest BCUT2D eigenvalue weighted by molar-refractivity contribution is 7.99. The summed E-state index contributed by atoms with van der Waals surface area (Å²) in [4.78, 5) is 0. The van der Waals surface area contributed by atoms with Crippen molar-refractivity contribution in [2.24, 2.45) is 0 Å². The number of thioether (sulfide) groups is 1. The van der Waals surface area contributed by atoms with E-state index in [4.69, 9.17) is 27.9 Å². The van der Waals surface area contributed by atoms with Crippen LogP contribution in [0.3, 0.4) is 0 Å². The molecule has 1 heterocycles. The van der Waals surface area contributed by atoms with E-state index in [9.17, 15) is 0 Å². The van der Waals surface area contributed by atoms with Gasteiger partial charge in [0, 0.05) is 29.4 Å². The summed E-state index contributed by atoms with van der Waals surface area (Å²) in [5.41, 5.74) is 1.88. The number of nitrogens with one attached hydrogen (secondary N) is 1. The van der Waals surface area contributed by atoms with Gasteiger partial charge in [0.05, 0.1) is 17.3 Å². The lowest BCUT2D eigenvalue weighted by Crippen LogP contribution is -2.17. The molecule has 1 aromatic heterocycles. The third-order valence-electron chi connectivity index (χ3n) is 3.64. The Labute approximate surface area is 184 Å². The molecule has 0 aliphatic heterocycles. The molecule has 0 radical (unpaired) electrons. The van der Waals surface area contributed by atoms with Gasteiger partial charge in [-0.2, -0.15) is 4.68 Å². The minimum atomic E-state index is 0. The zero-order valence-electron chi connectivity index (χ0n) is 15.1. The monoisotopic (exact) mass is 459 g/mol. The third-order valence-corrected chi connectivity index (χ3v) is 5.06.